The number of piperidine rings is 1. The summed E-state index contributed by atoms with van der Waals surface area (Å²) in [5, 5.41) is 2.35. The molecule has 2 aliphatic heterocycles. The van der Waals surface area contributed by atoms with Gasteiger partial charge in [0.15, 0.2) is 0 Å². The molecular formula is C13H15N3O3S. The Hall–Kier alpha value is -1.89. The normalized spacial score (nSPS) is 26.4. The maximum Gasteiger partial charge on any atom is 0.256 e. The first kappa shape index (κ1) is 13.1. The maximum atomic E-state index is 12.5. The summed E-state index contributed by atoms with van der Waals surface area (Å²) in [5.41, 5.74) is 6.28. The fourth-order valence-electron chi connectivity index (χ4n) is 2.86. The maximum absolute atomic E-state index is 12.5. The van der Waals surface area contributed by atoms with Crippen LogP contribution >= 0.6 is 11.3 Å². The number of nitrogens with two attached hydrogens (primary N) is 1. The Balaban J connectivity index is 1.96. The Bertz CT molecular complexity index is 639. The molecule has 3 amide bonds. The second kappa shape index (κ2) is 4.05. The van der Waals surface area contributed by atoms with Gasteiger partial charge in [0.1, 0.15) is 5.54 Å². The number of thiophene rings is 1. The van der Waals surface area contributed by atoms with Crippen LogP contribution in [0.25, 0.3) is 0 Å². The van der Waals surface area contributed by atoms with Gasteiger partial charge >= 0.3 is 0 Å². The van der Waals surface area contributed by atoms with Crippen LogP contribution in [0.3, 0.4) is 0 Å². The molecule has 0 radical (unpaired) electrons. The number of anilines is 1. The van der Waals surface area contributed by atoms with Crippen molar-refractivity contribution in [3.63, 3.8) is 0 Å². The molecule has 0 saturated carbocycles. The van der Waals surface area contributed by atoms with Gasteiger partial charge in [0.05, 0.1) is 17.1 Å². The van der Waals surface area contributed by atoms with Crippen molar-refractivity contribution >= 4 is 34.1 Å². The van der Waals surface area contributed by atoms with Crippen molar-refractivity contribution < 1.29 is 14.4 Å². The van der Waals surface area contributed by atoms with Crippen molar-refractivity contribution in [2.75, 3.05) is 12.8 Å². The molecule has 0 bridgehead atoms. The number of imide groups is 1. The summed E-state index contributed by atoms with van der Waals surface area (Å²) in [7, 11) is 1.46. The van der Waals surface area contributed by atoms with Crippen molar-refractivity contribution in [2.24, 2.45) is 0 Å². The summed E-state index contributed by atoms with van der Waals surface area (Å²) in [4.78, 5) is 39.2. The first-order chi connectivity index (χ1) is 9.36. The van der Waals surface area contributed by atoms with E-state index < -0.39 is 5.54 Å². The predicted molar refractivity (Wildman–Crippen MR) is 74.0 cm³/mol. The third-order valence-corrected chi connectivity index (χ3v) is 5.13. The summed E-state index contributed by atoms with van der Waals surface area (Å²) >= 11 is 1.34. The quantitative estimate of drug-likeness (QED) is 0.777. The van der Waals surface area contributed by atoms with Gasteiger partial charge in [-0.05, 0) is 13.3 Å². The van der Waals surface area contributed by atoms with Gasteiger partial charge in [0.2, 0.25) is 5.91 Å². The summed E-state index contributed by atoms with van der Waals surface area (Å²) < 4.78 is 0. The molecule has 106 valence electrons. The SMILES string of the molecule is CN1C(=O)CC[C@](C)(N2Cc3c(csc3N)C2=O)C1=O. The molecule has 0 aliphatic carbocycles. The first-order valence-corrected chi connectivity index (χ1v) is 7.23. The Morgan fingerprint density at radius 2 is 2.05 bits per heavy atom. The van der Waals surface area contributed by atoms with Crippen LogP contribution in [0.15, 0.2) is 5.38 Å². The molecule has 1 aromatic heterocycles. The summed E-state index contributed by atoms with van der Waals surface area (Å²) in [6.45, 7) is 2.06. The molecule has 1 aromatic rings. The van der Waals surface area contributed by atoms with Crippen LogP contribution in [0.2, 0.25) is 0 Å². The number of carbonyl (C=O) groups is 3. The number of carbonyl (C=O) groups excluding carboxylic acids is 3. The number of hydrogen-bond acceptors (Lipinski definition) is 5. The lowest BCUT2D eigenvalue weighted by Crippen LogP contribution is -2.61. The van der Waals surface area contributed by atoms with E-state index in [0.29, 0.717) is 23.5 Å². The third kappa shape index (κ3) is 1.53. The molecule has 2 N–H and O–H groups in total. The van der Waals surface area contributed by atoms with Crippen molar-refractivity contribution in [3.05, 3.63) is 16.5 Å². The van der Waals surface area contributed by atoms with Crippen molar-refractivity contribution in [2.45, 2.75) is 31.8 Å². The molecule has 3 heterocycles. The molecule has 0 spiro atoms. The largest absolute Gasteiger partial charge is 0.390 e. The van der Waals surface area contributed by atoms with Crippen molar-refractivity contribution in [1.82, 2.24) is 9.80 Å². The number of fused-ring (bicyclic) bond motifs is 1. The summed E-state index contributed by atoms with van der Waals surface area (Å²) in [6, 6.07) is 0. The van der Waals surface area contributed by atoms with Gasteiger partial charge in [0, 0.05) is 24.4 Å². The van der Waals surface area contributed by atoms with E-state index in [2.05, 4.69) is 0 Å². The van der Waals surface area contributed by atoms with Gasteiger partial charge in [-0.2, -0.15) is 0 Å². The smallest absolute Gasteiger partial charge is 0.256 e. The highest BCUT2D eigenvalue weighted by Gasteiger charge is 2.51. The van der Waals surface area contributed by atoms with Gasteiger partial charge in [-0.1, -0.05) is 0 Å². The van der Waals surface area contributed by atoms with Gasteiger partial charge in [0.25, 0.3) is 11.8 Å². The number of nitrogens with zero attached hydrogens (tertiary/aromatic N) is 2. The highest BCUT2D eigenvalue weighted by Crippen LogP contribution is 2.39. The molecule has 0 aromatic carbocycles. The molecule has 3 rings (SSSR count). The van der Waals surface area contributed by atoms with E-state index >= 15 is 0 Å². The first-order valence-electron chi connectivity index (χ1n) is 6.35. The zero-order valence-corrected chi connectivity index (χ0v) is 12.1. The Labute approximate surface area is 120 Å². The minimum atomic E-state index is -0.969. The van der Waals surface area contributed by atoms with Crippen LogP contribution in [-0.2, 0) is 16.1 Å². The monoisotopic (exact) mass is 293 g/mol. The summed E-state index contributed by atoms with van der Waals surface area (Å²) in [5.74, 6) is -0.700. The second-order valence-corrected chi connectivity index (χ2v) is 6.33. The highest BCUT2D eigenvalue weighted by molar-refractivity contribution is 7.14. The lowest BCUT2D eigenvalue weighted by Gasteiger charge is -2.42. The van der Waals surface area contributed by atoms with E-state index in [1.165, 1.54) is 18.4 Å². The molecule has 6 nitrogen and oxygen atoms in total. The number of rotatable bonds is 1. The predicted octanol–water partition coefficient (Wildman–Crippen LogP) is 0.824. The minimum absolute atomic E-state index is 0.174. The lowest BCUT2D eigenvalue weighted by molar-refractivity contribution is -0.155. The molecule has 2 aliphatic rings. The lowest BCUT2D eigenvalue weighted by atomic mass is 9.88. The van der Waals surface area contributed by atoms with Gasteiger partial charge in [-0.15, -0.1) is 11.3 Å². The number of amides is 3. The standard InChI is InChI=1S/C13H15N3O3S/c1-13(4-3-9(17)15(2)12(13)19)16-5-7-8(11(16)18)6-20-10(7)14/h6H,3-5,14H2,1-2H3/t13-/m0/s1. The van der Waals surface area contributed by atoms with Crippen LogP contribution < -0.4 is 5.73 Å². The van der Waals surface area contributed by atoms with Gasteiger partial charge in [-0.25, -0.2) is 0 Å². The van der Waals surface area contributed by atoms with E-state index in [-0.39, 0.29) is 24.1 Å². The fourth-order valence-corrected chi connectivity index (χ4v) is 3.67. The molecular weight excluding hydrogens is 278 g/mol. The van der Waals surface area contributed by atoms with Crippen LogP contribution in [0.1, 0.15) is 35.7 Å². The molecule has 7 heteroatoms. The minimum Gasteiger partial charge on any atom is -0.390 e. The van der Waals surface area contributed by atoms with Crippen molar-refractivity contribution in [1.29, 1.82) is 0 Å². The molecule has 0 unspecified atom stereocenters. The van der Waals surface area contributed by atoms with Gasteiger partial charge < -0.3 is 10.6 Å². The van der Waals surface area contributed by atoms with Crippen LogP contribution in [-0.4, -0.2) is 40.1 Å². The fraction of sp³-hybridized carbons (Fsp3) is 0.462. The third-order valence-electron chi connectivity index (χ3n) is 4.28. The van der Waals surface area contributed by atoms with Gasteiger partial charge in [-0.3, -0.25) is 19.3 Å². The molecule has 1 atom stereocenters. The number of likely N-dealkylation sites (tertiary alicyclic amines) is 1. The number of nitrogen functional groups attached to an aromatic ring is 1. The van der Waals surface area contributed by atoms with E-state index in [4.69, 9.17) is 5.73 Å². The Morgan fingerprint density at radius 3 is 2.70 bits per heavy atom. The molecule has 1 fully saturated rings. The number of hydrogen-bond donors (Lipinski definition) is 1. The average Bonchev–Trinajstić information content (AvgIpc) is 2.94. The van der Waals surface area contributed by atoms with Crippen LogP contribution in [0.4, 0.5) is 5.00 Å². The highest BCUT2D eigenvalue weighted by atomic mass is 32.1. The van der Waals surface area contributed by atoms with Crippen LogP contribution in [0, 0.1) is 0 Å². The Kier molecular flexibility index (Phi) is 2.66. The van der Waals surface area contributed by atoms with E-state index in [0.717, 1.165) is 10.5 Å². The molecule has 1 saturated heterocycles. The van der Waals surface area contributed by atoms with Crippen LogP contribution in [0.5, 0.6) is 0 Å². The second-order valence-electron chi connectivity index (χ2n) is 5.42. The zero-order valence-electron chi connectivity index (χ0n) is 11.3. The molecule has 20 heavy (non-hydrogen) atoms. The number of likely N-dealkylation sites (N-methyl/N-ethyl adjacent to an activating group) is 1. The van der Waals surface area contributed by atoms with E-state index in [1.807, 2.05) is 0 Å². The van der Waals surface area contributed by atoms with E-state index in [1.54, 1.807) is 17.2 Å². The summed E-state index contributed by atoms with van der Waals surface area (Å²) in [6.07, 6.45) is 0.624. The average molecular weight is 293 g/mol. The topological polar surface area (TPSA) is 83.7 Å². The Morgan fingerprint density at radius 1 is 1.35 bits per heavy atom. The zero-order chi connectivity index (χ0) is 14.7. The van der Waals surface area contributed by atoms with Crippen molar-refractivity contribution in [3.8, 4) is 0 Å². The van der Waals surface area contributed by atoms with E-state index in [9.17, 15) is 14.4 Å².